The highest BCUT2D eigenvalue weighted by Crippen LogP contribution is 2.52. The van der Waals surface area contributed by atoms with Gasteiger partial charge in [0, 0.05) is 106 Å². The van der Waals surface area contributed by atoms with Crippen molar-refractivity contribution in [2.75, 3.05) is 71.5 Å². The van der Waals surface area contributed by atoms with Crippen LogP contribution in [0.15, 0.2) is 34.9 Å². The van der Waals surface area contributed by atoms with Crippen molar-refractivity contribution in [1.29, 1.82) is 0 Å². The smallest absolute Gasteiger partial charge is 0.410 e. The Balaban J connectivity index is 1.20. The van der Waals surface area contributed by atoms with E-state index in [-0.39, 0.29) is 60.1 Å². The molecule has 5 rings (SSSR count). The molecular weight excluding hydrogens is 745 g/mol. The highest BCUT2D eigenvalue weighted by Gasteiger charge is 2.60. The number of nitro benzene ring substituents is 1. The molecule has 0 bridgehead atoms. The third kappa shape index (κ3) is 9.13. The van der Waals surface area contributed by atoms with Crippen molar-refractivity contribution < 1.29 is 48.6 Å². The maximum absolute atomic E-state index is 13.5. The number of hydrogen-bond acceptors (Lipinski definition) is 13. The second kappa shape index (κ2) is 18.1. The van der Waals surface area contributed by atoms with Crippen LogP contribution >= 0.6 is 23.5 Å². The van der Waals surface area contributed by atoms with E-state index in [0.717, 1.165) is 11.4 Å². The minimum atomic E-state index is -1.23. The van der Waals surface area contributed by atoms with E-state index >= 15 is 0 Å². The summed E-state index contributed by atoms with van der Waals surface area (Å²) in [4.78, 5) is 83.7. The standard InChI is InChI=1S/C35H48N6O11S2/c1-21-29-28(22(2)42)32(44)40(29)30(33(45)46)31(21)54-26-17-25(39(18-26)35(48)52-19-23-5-7-24(8-6-23)41(49)50)20-53-16-9-27(43)36(3)34(47)38-12-10-37(11-13-38)14-15-51-4/h5-8,21-22,25-26,28-29,42H,9-20H2,1-4H3,(H,45,46)/t21-,22-,25+,26+,28-,29-/m1/s1. The number of carboxylic acid groups (broad SMARTS) is 1. The molecule has 0 spiro atoms. The summed E-state index contributed by atoms with van der Waals surface area (Å²) in [5.74, 6) is -2.16. The summed E-state index contributed by atoms with van der Waals surface area (Å²) in [5.41, 5.74) is 0.386. The lowest BCUT2D eigenvalue weighted by Gasteiger charge is -2.46. The second-order valence-electron chi connectivity index (χ2n) is 13.9. The Labute approximate surface area is 322 Å². The molecule has 0 radical (unpaired) electrons. The number of carbonyl (C=O) groups excluding carboxylic acids is 4. The van der Waals surface area contributed by atoms with Crippen molar-refractivity contribution in [3.05, 3.63) is 50.5 Å². The molecule has 0 saturated carbocycles. The number of carboxylic acids is 1. The number of thioether (sulfide) groups is 2. The summed E-state index contributed by atoms with van der Waals surface area (Å²) in [6.07, 6.45) is -0.945. The number of amides is 5. The molecule has 296 valence electrons. The molecule has 17 nitrogen and oxygen atoms in total. The fourth-order valence-corrected chi connectivity index (χ4v) is 10.0. The van der Waals surface area contributed by atoms with Crippen LogP contribution in [0, 0.1) is 22.0 Å². The SMILES string of the molecule is COCCN1CCN(C(=O)N(C)C(=O)CCSC[C@@H]2C[C@H](SC3=C(C(=O)O)N4C(=O)[C@H]([C@@H](C)O)[C@H]4[C@H]3C)CN2C(=O)OCc2ccc([N+](=O)[O-])cc2)CC1. The van der Waals surface area contributed by atoms with Gasteiger partial charge in [0.25, 0.3) is 5.69 Å². The number of β-lactam (4-membered cyclic amide) rings is 1. The van der Waals surface area contributed by atoms with Gasteiger partial charge in [-0.1, -0.05) is 6.92 Å². The summed E-state index contributed by atoms with van der Waals surface area (Å²) >= 11 is 2.78. The number of aliphatic hydroxyl groups excluding tert-OH is 1. The summed E-state index contributed by atoms with van der Waals surface area (Å²) in [7, 11) is 3.13. The average molecular weight is 793 g/mol. The van der Waals surface area contributed by atoms with Gasteiger partial charge in [0.15, 0.2) is 0 Å². The number of aliphatic carboxylic acids is 1. The lowest BCUT2D eigenvalue weighted by molar-refractivity contribution is -0.384. The van der Waals surface area contributed by atoms with E-state index in [4.69, 9.17) is 9.47 Å². The molecule has 19 heteroatoms. The van der Waals surface area contributed by atoms with E-state index in [1.807, 2.05) is 6.92 Å². The predicted octanol–water partition coefficient (Wildman–Crippen LogP) is 2.53. The third-order valence-electron chi connectivity index (χ3n) is 10.4. The van der Waals surface area contributed by atoms with Crippen LogP contribution in [0.3, 0.4) is 0 Å². The number of urea groups is 1. The molecule has 6 atom stereocenters. The number of piperazine rings is 1. The first-order valence-corrected chi connectivity index (χ1v) is 19.9. The highest BCUT2D eigenvalue weighted by molar-refractivity contribution is 8.03. The number of nitro groups is 1. The molecule has 3 saturated heterocycles. The number of benzene rings is 1. The van der Waals surface area contributed by atoms with Crippen LogP contribution in [0.25, 0.3) is 0 Å². The predicted molar refractivity (Wildman–Crippen MR) is 199 cm³/mol. The lowest BCUT2D eigenvalue weighted by atomic mass is 9.79. The minimum Gasteiger partial charge on any atom is -0.477 e. The number of methoxy groups -OCH3 is 1. The van der Waals surface area contributed by atoms with Crippen LogP contribution in [0.1, 0.15) is 32.3 Å². The number of ether oxygens (including phenoxy) is 2. The Morgan fingerprint density at radius 1 is 1.13 bits per heavy atom. The van der Waals surface area contributed by atoms with Crippen LogP contribution in [0.5, 0.6) is 0 Å². The quantitative estimate of drug-likeness (QED) is 0.114. The van der Waals surface area contributed by atoms with E-state index in [1.165, 1.54) is 66.7 Å². The molecule has 4 heterocycles. The Kier molecular flexibility index (Phi) is 13.9. The van der Waals surface area contributed by atoms with Gasteiger partial charge >= 0.3 is 18.1 Å². The van der Waals surface area contributed by atoms with Gasteiger partial charge in [0.1, 0.15) is 12.3 Å². The summed E-state index contributed by atoms with van der Waals surface area (Å²) in [5, 5.41) is 31.1. The van der Waals surface area contributed by atoms with E-state index in [0.29, 0.717) is 61.2 Å². The summed E-state index contributed by atoms with van der Waals surface area (Å²) < 4.78 is 10.8. The monoisotopic (exact) mass is 792 g/mol. The maximum atomic E-state index is 13.5. The molecular formula is C35H48N6O11S2. The number of hydrogen-bond donors (Lipinski definition) is 2. The highest BCUT2D eigenvalue weighted by atomic mass is 32.2. The molecule has 0 unspecified atom stereocenters. The van der Waals surface area contributed by atoms with Gasteiger partial charge in [-0.25, -0.2) is 14.4 Å². The Morgan fingerprint density at radius 3 is 2.43 bits per heavy atom. The molecule has 4 aliphatic rings. The molecule has 3 fully saturated rings. The van der Waals surface area contributed by atoms with Crippen molar-refractivity contribution in [2.45, 2.75) is 56.7 Å². The molecule has 1 aromatic carbocycles. The van der Waals surface area contributed by atoms with Crippen molar-refractivity contribution in [1.82, 2.24) is 24.5 Å². The van der Waals surface area contributed by atoms with Gasteiger partial charge in [-0.2, -0.15) is 11.8 Å². The van der Waals surface area contributed by atoms with Gasteiger partial charge < -0.3 is 34.4 Å². The van der Waals surface area contributed by atoms with Crippen molar-refractivity contribution in [3.63, 3.8) is 0 Å². The Morgan fingerprint density at radius 2 is 1.81 bits per heavy atom. The van der Waals surface area contributed by atoms with Crippen molar-refractivity contribution >= 4 is 59.1 Å². The van der Waals surface area contributed by atoms with Crippen LogP contribution in [0.2, 0.25) is 0 Å². The summed E-state index contributed by atoms with van der Waals surface area (Å²) in [6, 6.07) is 4.54. The zero-order valence-electron chi connectivity index (χ0n) is 30.8. The Bertz CT molecular complexity index is 1620. The van der Waals surface area contributed by atoms with Gasteiger partial charge in [0.2, 0.25) is 11.8 Å². The lowest BCUT2D eigenvalue weighted by Crippen LogP contribution is -2.63. The largest absolute Gasteiger partial charge is 0.477 e. The van der Waals surface area contributed by atoms with Gasteiger partial charge in [-0.3, -0.25) is 29.5 Å². The van der Waals surface area contributed by atoms with Crippen molar-refractivity contribution in [3.8, 4) is 0 Å². The first-order valence-electron chi connectivity index (χ1n) is 17.9. The maximum Gasteiger partial charge on any atom is 0.410 e. The third-order valence-corrected chi connectivity index (χ3v) is 13.0. The first-order chi connectivity index (χ1) is 25.7. The van der Waals surface area contributed by atoms with Crippen LogP contribution < -0.4 is 0 Å². The van der Waals surface area contributed by atoms with Gasteiger partial charge in [-0.15, -0.1) is 11.8 Å². The number of non-ortho nitro benzene ring substituents is 1. The van der Waals surface area contributed by atoms with E-state index in [9.17, 15) is 44.3 Å². The number of carbonyl (C=O) groups is 5. The number of rotatable bonds is 15. The van der Waals surface area contributed by atoms with Crippen LogP contribution in [0.4, 0.5) is 15.3 Å². The van der Waals surface area contributed by atoms with Crippen LogP contribution in [-0.4, -0.2) is 165 Å². The molecule has 0 aromatic heterocycles. The van der Waals surface area contributed by atoms with Gasteiger partial charge in [0.05, 0.1) is 29.6 Å². The first kappa shape index (κ1) is 41.3. The number of nitrogens with zero attached hydrogens (tertiary/aromatic N) is 6. The summed E-state index contributed by atoms with van der Waals surface area (Å²) in [6.45, 7) is 7.31. The fraction of sp³-hybridized carbons (Fsp3) is 0.629. The molecule has 5 amide bonds. The molecule has 2 N–H and O–H groups in total. The Hall–Kier alpha value is -3.91. The van der Waals surface area contributed by atoms with Crippen molar-refractivity contribution in [2.24, 2.45) is 11.8 Å². The normalized spacial score (nSPS) is 24.6. The topological polar surface area (TPSA) is 204 Å². The molecule has 54 heavy (non-hydrogen) atoms. The number of likely N-dealkylation sites (tertiary alicyclic amines) is 1. The van der Waals surface area contributed by atoms with E-state index in [2.05, 4.69) is 4.90 Å². The zero-order chi connectivity index (χ0) is 39.3. The number of aliphatic hydroxyl groups is 1. The fourth-order valence-electron chi connectivity index (χ4n) is 7.39. The zero-order valence-corrected chi connectivity index (χ0v) is 32.5. The molecule has 1 aromatic rings. The number of imide groups is 1. The van der Waals surface area contributed by atoms with Crippen LogP contribution in [-0.2, 0) is 30.5 Å². The van der Waals surface area contributed by atoms with E-state index < -0.39 is 41.0 Å². The molecule has 0 aliphatic carbocycles. The van der Waals surface area contributed by atoms with E-state index in [1.54, 1.807) is 16.9 Å². The average Bonchev–Trinajstić information content (AvgIpc) is 3.66. The second-order valence-corrected chi connectivity index (χ2v) is 16.4. The number of fused-ring (bicyclic) bond motifs is 1. The minimum absolute atomic E-state index is 0.0883. The van der Waals surface area contributed by atoms with Gasteiger partial charge in [-0.05, 0) is 31.0 Å². The molecule has 4 aliphatic heterocycles.